The Kier molecular flexibility index (Phi) is 7.67. The van der Waals surface area contributed by atoms with E-state index in [0.29, 0.717) is 0 Å². The predicted octanol–water partition coefficient (Wildman–Crippen LogP) is 1.17. The first kappa shape index (κ1) is 14.3. The maximum Gasteiger partial charge on any atom is 0.220 e. The maximum atomic E-state index is 11.2. The van der Waals surface area contributed by atoms with Crippen LogP contribution in [0.5, 0.6) is 0 Å². The molecule has 0 saturated carbocycles. The Morgan fingerprint density at radius 2 is 1.50 bits per heavy atom. The van der Waals surface area contributed by atoms with Crippen LogP contribution in [0.3, 0.4) is 0 Å². The average Bonchev–Trinajstić information content (AvgIpc) is 2.24. The second-order valence-corrected chi connectivity index (χ2v) is 3.21. The lowest BCUT2D eigenvalue weighted by molar-refractivity contribution is -0.125. The lowest BCUT2D eigenvalue weighted by Crippen LogP contribution is -2.28. The van der Waals surface area contributed by atoms with Crippen LogP contribution in [0.15, 0.2) is 24.3 Å². The number of rotatable bonds is 7. The number of hydrogen-bond acceptors (Lipinski definition) is 3. The van der Waals surface area contributed by atoms with Crippen molar-refractivity contribution in [3.63, 3.8) is 0 Å². The van der Waals surface area contributed by atoms with Gasteiger partial charge in [0.05, 0.1) is 6.54 Å². The predicted molar refractivity (Wildman–Crippen MR) is 61.9 cm³/mol. The fourth-order valence-corrected chi connectivity index (χ4v) is 1.02. The zero-order valence-corrected chi connectivity index (χ0v) is 9.66. The summed E-state index contributed by atoms with van der Waals surface area (Å²) in [6.07, 6.45) is 6.36. The summed E-state index contributed by atoms with van der Waals surface area (Å²) in [5.41, 5.74) is 0. The van der Waals surface area contributed by atoms with Crippen LogP contribution in [0.2, 0.25) is 0 Å². The van der Waals surface area contributed by atoms with Crippen LogP contribution >= 0.6 is 0 Å². The number of carbonyl (C=O) groups excluding carboxylic acids is 3. The van der Waals surface area contributed by atoms with E-state index in [-0.39, 0.29) is 36.9 Å². The van der Waals surface area contributed by atoms with Gasteiger partial charge < -0.3 is 5.32 Å². The molecular weight excluding hydrogens is 206 g/mol. The molecule has 0 bridgehead atoms. The highest BCUT2D eigenvalue weighted by Gasteiger charge is 2.05. The molecule has 1 amide bonds. The van der Waals surface area contributed by atoms with Crippen LogP contribution in [0.4, 0.5) is 0 Å². The lowest BCUT2D eigenvalue weighted by Gasteiger charge is -2.01. The van der Waals surface area contributed by atoms with Gasteiger partial charge in [-0.25, -0.2) is 0 Å². The SMILES string of the molecule is C/C=C\C(=O)CCC(=O)NCC(=O)/C=C/C. The molecule has 88 valence electrons. The van der Waals surface area contributed by atoms with E-state index in [1.807, 2.05) is 0 Å². The van der Waals surface area contributed by atoms with Gasteiger partial charge in [0, 0.05) is 12.8 Å². The second kappa shape index (κ2) is 8.59. The van der Waals surface area contributed by atoms with Gasteiger partial charge >= 0.3 is 0 Å². The van der Waals surface area contributed by atoms with Crippen molar-refractivity contribution in [1.82, 2.24) is 5.32 Å². The molecule has 0 aromatic carbocycles. The number of carbonyl (C=O) groups is 3. The van der Waals surface area contributed by atoms with E-state index in [2.05, 4.69) is 5.32 Å². The van der Waals surface area contributed by atoms with Crippen LogP contribution < -0.4 is 5.32 Å². The van der Waals surface area contributed by atoms with Gasteiger partial charge in [0.2, 0.25) is 5.91 Å². The molecule has 0 aromatic rings. The van der Waals surface area contributed by atoms with Crippen molar-refractivity contribution in [2.24, 2.45) is 0 Å². The Balaban J connectivity index is 3.75. The molecule has 0 spiro atoms. The lowest BCUT2D eigenvalue weighted by atomic mass is 10.2. The minimum absolute atomic E-state index is 0.0129. The van der Waals surface area contributed by atoms with Crippen molar-refractivity contribution in [3.8, 4) is 0 Å². The second-order valence-electron chi connectivity index (χ2n) is 3.21. The molecule has 0 aliphatic rings. The van der Waals surface area contributed by atoms with E-state index in [1.165, 1.54) is 12.2 Å². The highest BCUT2D eigenvalue weighted by Crippen LogP contribution is 1.92. The largest absolute Gasteiger partial charge is 0.349 e. The number of hydrogen-bond donors (Lipinski definition) is 1. The summed E-state index contributed by atoms with van der Waals surface area (Å²) in [6.45, 7) is 3.46. The van der Waals surface area contributed by atoms with Crippen molar-refractivity contribution in [2.75, 3.05) is 6.54 Å². The molecule has 0 saturated heterocycles. The first-order valence-corrected chi connectivity index (χ1v) is 5.18. The standard InChI is InChI=1S/C12H17NO3/c1-3-5-10(14)7-8-12(16)13-9-11(15)6-4-2/h3-6H,7-9H2,1-2H3,(H,13,16)/b5-3-,6-4+. The minimum atomic E-state index is -0.282. The fourth-order valence-electron chi connectivity index (χ4n) is 1.02. The van der Waals surface area contributed by atoms with E-state index in [1.54, 1.807) is 26.0 Å². The van der Waals surface area contributed by atoms with Crippen molar-refractivity contribution < 1.29 is 14.4 Å². The number of allylic oxidation sites excluding steroid dienone is 3. The third-order valence-electron chi connectivity index (χ3n) is 1.76. The highest BCUT2D eigenvalue weighted by atomic mass is 16.2. The number of ketones is 2. The Bertz CT molecular complexity index is 286. The summed E-state index contributed by atoms with van der Waals surface area (Å²) in [7, 11) is 0. The molecule has 0 rings (SSSR count). The van der Waals surface area contributed by atoms with Gasteiger partial charge in [-0.05, 0) is 26.0 Å². The fraction of sp³-hybridized carbons (Fsp3) is 0.417. The third-order valence-corrected chi connectivity index (χ3v) is 1.76. The van der Waals surface area contributed by atoms with E-state index < -0.39 is 0 Å². The highest BCUT2D eigenvalue weighted by molar-refractivity contribution is 5.95. The molecule has 0 unspecified atom stereocenters. The Hall–Kier alpha value is -1.71. The van der Waals surface area contributed by atoms with Crippen molar-refractivity contribution >= 4 is 17.5 Å². The quantitative estimate of drug-likeness (QED) is 0.659. The number of amides is 1. The van der Waals surface area contributed by atoms with Gasteiger partial charge in [-0.3, -0.25) is 14.4 Å². The molecule has 4 heteroatoms. The Labute approximate surface area is 95.4 Å². The summed E-state index contributed by atoms with van der Waals surface area (Å²) < 4.78 is 0. The summed E-state index contributed by atoms with van der Waals surface area (Å²) in [5, 5.41) is 2.45. The summed E-state index contributed by atoms with van der Waals surface area (Å²) >= 11 is 0. The Morgan fingerprint density at radius 3 is 2.06 bits per heavy atom. The molecule has 1 N–H and O–H groups in total. The molecule has 0 heterocycles. The molecule has 4 nitrogen and oxygen atoms in total. The molecule has 0 fully saturated rings. The van der Waals surface area contributed by atoms with E-state index in [4.69, 9.17) is 0 Å². The van der Waals surface area contributed by atoms with Crippen LogP contribution in [0.25, 0.3) is 0 Å². The van der Waals surface area contributed by atoms with Crippen LogP contribution in [-0.2, 0) is 14.4 Å². The monoisotopic (exact) mass is 223 g/mol. The zero-order valence-electron chi connectivity index (χ0n) is 9.66. The Morgan fingerprint density at radius 1 is 0.938 bits per heavy atom. The van der Waals surface area contributed by atoms with Crippen LogP contribution in [0, 0.1) is 0 Å². The van der Waals surface area contributed by atoms with Crippen molar-refractivity contribution in [2.45, 2.75) is 26.7 Å². The minimum Gasteiger partial charge on any atom is -0.349 e. The maximum absolute atomic E-state index is 11.2. The average molecular weight is 223 g/mol. The van der Waals surface area contributed by atoms with Gasteiger partial charge in [0.15, 0.2) is 11.6 Å². The van der Waals surface area contributed by atoms with Crippen molar-refractivity contribution in [1.29, 1.82) is 0 Å². The topological polar surface area (TPSA) is 63.2 Å². The molecule has 0 radical (unpaired) electrons. The summed E-state index contributed by atoms with van der Waals surface area (Å²) in [5.74, 6) is -0.524. The third kappa shape index (κ3) is 7.67. The normalized spacial score (nSPS) is 10.9. The molecule has 0 aromatic heterocycles. The molecule has 16 heavy (non-hydrogen) atoms. The van der Waals surface area contributed by atoms with Gasteiger partial charge in [0.1, 0.15) is 0 Å². The van der Waals surface area contributed by atoms with Gasteiger partial charge in [-0.1, -0.05) is 12.2 Å². The summed E-state index contributed by atoms with van der Waals surface area (Å²) in [6, 6.07) is 0. The van der Waals surface area contributed by atoms with Gasteiger partial charge in [-0.2, -0.15) is 0 Å². The summed E-state index contributed by atoms with van der Waals surface area (Å²) in [4.78, 5) is 33.2. The van der Waals surface area contributed by atoms with Gasteiger partial charge in [-0.15, -0.1) is 0 Å². The molecule has 0 aliphatic carbocycles. The molecule has 0 aliphatic heterocycles. The van der Waals surface area contributed by atoms with E-state index >= 15 is 0 Å². The first-order valence-electron chi connectivity index (χ1n) is 5.18. The smallest absolute Gasteiger partial charge is 0.220 e. The van der Waals surface area contributed by atoms with Crippen molar-refractivity contribution in [3.05, 3.63) is 24.3 Å². The molecular formula is C12H17NO3. The zero-order chi connectivity index (χ0) is 12.4. The number of nitrogens with one attached hydrogen (secondary N) is 1. The van der Waals surface area contributed by atoms with Crippen LogP contribution in [-0.4, -0.2) is 24.0 Å². The molecule has 0 atom stereocenters. The van der Waals surface area contributed by atoms with E-state index in [9.17, 15) is 14.4 Å². The van der Waals surface area contributed by atoms with Gasteiger partial charge in [0.25, 0.3) is 0 Å². The van der Waals surface area contributed by atoms with Crippen LogP contribution in [0.1, 0.15) is 26.7 Å². The first-order chi connectivity index (χ1) is 7.60. The van der Waals surface area contributed by atoms with E-state index in [0.717, 1.165) is 0 Å².